The number of carbonyl (C=O) groups excluding carboxylic acids is 1. The van der Waals surface area contributed by atoms with Crippen LogP contribution in [0.5, 0.6) is 0 Å². The first kappa shape index (κ1) is 11.8. The van der Waals surface area contributed by atoms with Gasteiger partial charge in [-0.05, 0) is 0 Å². The van der Waals surface area contributed by atoms with E-state index in [1.54, 1.807) is 0 Å². The zero-order valence-corrected chi connectivity index (χ0v) is 10.8. The Labute approximate surface area is 103 Å². The Morgan fingerprint density at radius 3 is 2.76 bits per heavy atom. The number of amides is 1. The molecule has 0 spiro atoms. The van der Waals surface area contributed by atoms with Gasteiger partial charge in [-0.25, -0.2) is 9.97 Å². The van der Waals surface area contributed by atoms with Gasteiger partial charge in [0.05, 0.1) is 18.2 Å². The van der Waals surface area contributed by atoms with E-state index in [-0.39, 0.29) is 11.3 Å². The molecular weight excluding hydrogens is 236 g/mol. The minimum absolute atomic E-state index is 0.00648. The van der Waals surface area contributed by atoms with Gasteiger partial charge in [0.25, 0.3) is 5.91 Å². The van der Waals surface area contributed by atoms with Gasteiger partial charge in [0.1, 0.15) is 5.69 Å². The third-order valence-corrected chi connectivity index (χ3v) is 2.99. The smallest absolute Gasteiger partial charge is 0.275 e. The Hall–Kier alpha value is -1.69. The van der Waals surface area contributed by atoms with E-state index in [4.69, 9.17) is 0 Å². The van der Waals surface area contributed by atoms with Crippen molar-refractivity contribution in [3.63, 3.8) is 0 Å². The molecule has 2 rings (SSSR count). The summed E-state index contributed by atoms with van der Waals surface area (Å²) in [5.41, 5.74) is 1.40. The molecular formula is C11H14N4OS. The number of aromatic nitrogens is 3. The van der Waals surface area contributed by atoms with Gasteiger partial charge in [0.15, 0.2) is 5.13 Å². The molecule has 2 N–H and O–H groups in total. The third kappa shape index (κ3) is 2.71. The molecule has 0 saturated heterocycles. The lowest BCUT2D eigenvalue weighted by atomic mass is 9.93. The van der Waals surface area contributed by atoms with Crippen molar-refractivity contribution in [3.8, 4) is 0 Å². The van der Waals surface area contributed by atoms with Crippen molar-refractivity contribution in [1.82, 2.24) is 15.0 Å². The Balaban J connectivity index is 2.10. The second-order valence-electron chi connectivity index (χ2n) is 4.71. The SMILES string of the molecule is CC(C)(C)c1csc(NC(=O)c2cnc[nH]2)n1. The molecule has 0 saturated carbocycles. The summed E-state index contributed by atoms with van der Waals surface area (Å²) in [5.74, 6) is -0.225. The maximum absolute atomic E-state index is 11.7. The fourth-order valence-corrected chi connectivity index (χ4v) is 2.15. The first-order valence-electron chi connectivity index (χ1n) is 5.22. The van der Waals surface area contributed by atoms with E-state index in [0.717, 1.165) is 5.69 Å². The highest BCUT2D eigenvalue weighted by molar-refractivity contribution is 7.14. The van der Waals surface area contributed by atoms with Crippen LogP contribution in [0, 0.1) is 0 Å². The van der Waals surface area contributed by atoms with Crippen molar-refractivity contribution < 1.29 is 4.79 Å². The van der Waals surface area contributed by atoms with Crippen LogP contribution in [0.15, 0.2) is 17.9 Å². The van der Waals surface area contributed by atoms with Crippen LogP contribution in [0.1, 0.15) is 37.0 Å². The van der Waals surface area contributed by atoms with Crippen LogP contribution in [0.25, 0.3) is 0 Å². The maximum Gasteiger partial charge on any atom is 0.275 e. The number of nitrogens with one attached hydrogen (secondary N) is 2. The number of hydrogen-bond acceptors (Lipinski definition) is 4. The molecule has 2 aromatic rings. The molecule has 1 amide bonds. The number of hydrogen-bond donors (Lipinski definition) is 2. The van der Waals surface area contributed by atoms with Crippen molar-refractivity contribution in [3.05, 3.63) is 29.3 Å². The second-order valence-corrected chi connectivity index (χ2v) is 5.57. The lowest BCUT2D eigenvalue weighted by Gasteiger charge is -2.14. The first-order chi connectivity index (χ1) is 7.97. The zero-order valence-electron chi connectivity index (χ0n) is 9.94. The van der Waals surface area contributed by atoms with Gasteiger partial charge < -0.3 is 4.98 Å². The number of aromatic amines is 1. The number of nitrogens with zero attached hydrogens (tertiary/aromatic N) is 2. The fraction of sp³-hybridized carbons (Fsp3) is 0.364. The summed E-state index contributed by atoms with van der Waals surface area (Å²) >= 11 is 1.42. The van der Waals surface area contributed by atoms with Crippen molar-refractivity contribution in [1.29, 1.82) is 0 Å². The number of anilines is 1. The molecule has 2 aromatic heterocycles. The number of carbonyl (C=O) groups is 1. The summed E-state index contributed by atoms with van der Waals surface area (Å²) in [6.07, 6.45) is 2.95. The normalized spacial score (nSPS) is 11.5. The van der Waals surface area contributed by atoms with Crippen LogP contribution >= 0.6 is 11.3 Å². The molecule has 0 bridgehead atoms. The van der Waals surface area contributed by atoms with E-state index in [2.05, 4.69) is 41.0 Å². The monoisotopic (exact) mass is 250 g/mol. The van der Waals surface area contributed by atoms with Crippen LogP contribution in [-0.2, 0) is 5.41 Å². The summed E-state index contributed by atoms with van der Waals surface area (Å²) in [5, 5.41) is 5.30. The van der Waals surface area contributed by atoms with Crippen LogP contribution in [0.3, 0.4) is 0 Å². The Morgan fingerprint density at radius 2 is 2.24 bits per heavy atom. The van der Waals surface area contributed by atoms with Gasteiger partial charge in [0.2, 0.25) is 0 Å². The van der Waals surface area contributed by atoms with Crippen molar-refractivity contribution in [2.45, 2.75) is 26.2 Å². The van der Waals surface area contributed by atoms with Gasteiger partial charge in [-0.3, -0.25) is 10.1 Å². The molecule has 0 atom stereocenters. The standard InChI is InChI=1S/C11H14N4OS/c1-11(2,3)8-5-17-10(14-8)15-9(16)7-4-12-6-13-7/h4-6H,1-3H3,(H,12,13)(H,14,15,16). The molecule has 5 nitrogen and oxygen atoms in total. The van der Waals surface area contributed by atoms with Crippen molar-refractivity contribution >= 4 is 22.4 Å². The topological polar surface area (TPSA) is 70.7 Å². The van der Waals surface area contributed by atoms with Gasteiger partial charge in [-0.15, -0.1) is 11.3 Å². The summed E-state index contributed by atoms with van der Waals surface area (Å²) in [6.45, 7) is 6.26. The Morgan fingerprint density at radius 1 is 1.47 bits per heavy atom. The van der Waals surface area contributed by atoms with Gasteiger partial charge >= 0.3 is 0 Å². The molecule has 0 unspecified atom stereocenters. The molecule has 17 heavy (non-hydrogen) atoms. The van der Waals surface area contributed by atoms with E-state index in [9.17, 15) is 4.79 Å². The minimum Gasteiger partial charge on any atom is -0.341 e. The van der Waals surface area contributed by atoms with E-state index in [1.807, 2.05) is 5.38 Å². The first-order valence-corrected chi connectivity index (χ1v) is 6.10. The molecule has 0 aliphatic carbocycles. The predicted octanol–water partition coefficient (Wildman–Crippen LogP) is 2.42. The number of imidazole rings is 1. The van der Waals surface area contributed by atoms with Gasteiger partial charge in [0, 0.05) is 10.8 Å². The lowest BCUT2D eigenvalue weighted by Crippen LogP contribution is -2.14. The molecule has 90 valence electrons. The van der Waals surface area contributed by atoms with Crippen molar-refractivity contribution in [2.24, 2.45) is 0 Å². The van der Waals surface area contributed by atoms with Gasteiger partial charge in [-0.1, -0.05) is 20.8 Å². The van der Waals surface area contributed by atoms with E-state index < -0.39 is 0 Å². The molecule has 0 aliphatic rings. The van der Waals surface area contributed by atoms with Gasteiger partial charge in [-0.2, -0.15) is 0 Å². The predicted molar refractivity (Wildman–Crippen MR) is 67.4 cm³/mol. The average molecular weight is 250 g/mol. The molecule has 0 aromatic carbocycles. The molecule has 0 fully saturated rings. The van der Waals surface area contributed by atoms with E-state index in [0.29, 0.717) is 10.8 Å². The number of thiazole rings is 1. The van der Waals surface area contributed by atoms with Crippen LogP contribution in [-0.4, -0.2) is 20.9 Å². The van der Waals surface area contributed by atoms with E-state index >= 15 is 0 Å². The molecule has 0 aliphatic heterocycles. The average Bonchev–Trinajstić information content (AvgIpc) is 2.85. The van der Waals surface area contributed by atoms with Crippen LogP contribution in [0.4, 0.5) is 5.13 Å². The Kier molecular flexibility index (Phi) is 2.97. The Bertz CT molecular complexity index is 510. The maximum atomic E-state index is 11.7. The summed E-state index contributed by atoms with van der Waals surface area (Å²) in [7, 11) is 0. The van der Waals surface area contributed by atoms with Crippen LogP contribution in [0.2, 0.25) is 0 Å². The minimum atomic E-state index is -0.225. The third-order valence-electron chi connectivity index (χ3n) is 2.24. The summed E-state index contributed by atoms with van der Waals surface area (Å²) in [6, 6.07) is 0. The van der Waals surface area contributed by atoms with E-state index in [1.165, 1.54) is 23.9 Å². The molecule has 0 radical (unpaired) electrons. The molecule has 2 heterocycles. The lowest BCUT2D eigenvalue weighted by molar-refractivity contribution is 0.102. The number of H-pyrrole nitrogens is 1. The van der Waals surface area contributed by atoms with Crippen LogP contribution < -0.4 is 5.32 Å². The molecule has 6 heteroatoms. The summed E-state index contributed by atoms with van der Waals surface area (Å²) in [4.78, 5) is 22.6. The largest absolute Gasteiger partial charge is 0.341 e. The summed E-state index contributed by atoms with van der Waals surface area (Å²) < 4.78 is 0. The highest BCUT2D eigenvalue weighted by atomic mass is 32.1. The quantitative estimate of drug-likeness (QED) is 0.859. The second kappa shape index (κ2) is 4.29. The highest BCUT2D eigenvalue weighted by Crippen LogP contribution is 2.26. The zero-order chi connectivity index (χ0) is 12.5. The van der Waals surface area contributed by atoms with Crippen molar-refractivity contribution in [2.75, 3.05) is 5.32 Å². The highest BCUT2D eigenvalue weighted by Gasteiger charge is 2.18. The fourth-order valence-electron chi connectivity index (χ4n) is 1.22. The number of rotatable bonds is 2.